The quantitative estimate of drug-likeness (QED) is 0.433. The van der Waals surface area contributed by atoms with Gasteiger partial charge in [0.2, 0.25) is 0 Å². The molecule has 2 atom stereocenters. The summed E-state index contributed by atoms with van der Waals surface area (Å²) in [5.74, 6) is -0.698. The van der Waals surface area contributed by atoms with Crippen molar-refractivity contribution in [1.29, 1.82) is 0 Å². The highest BCUT2D eigenvalue weighted by molar-refractivity contribution is 6.03. The molecule has 36 heavy (non-hydrogen) atoms. The minimum Gasteiger partial charge on any atom is -0.363 e. The van der Waals surface area contributed by atoms with Gasteiger partial charge in [-0.15, -0.1) is 0 Å². The van der Waals surface area contributed by atoms with Crippen molar-refractivity contribution in [3.05, 3.63) is 94.0 Å². The van der Waals surface area contributed by atoms with Gasteiger partial charge in [-0.1, -0.05) is 48.5 Å². The van der Waals surface area contributed by atoms with Crippen molar-refractivity contribution in [2.75, 3.05) is 10.6 Å². The van der Waals surface area contributed by atoms with Crippen LogP contribution in [-0.4, -0.2) is 31.2 Å². The Morgan fingerprint density at radius 2 is 1.72 bits per heavy atom. The number of carbonyl (C=O) groups is 1. The van der Waals surface area contributed by atoms with Gasteiger partial charge in [-0.05, 0) is 24.6 Å². The van der Waals surface area contributed by atoms with Crippen LogP contribution in [0.1, 0.15) is 40.3 Å². The Hall–Kier alpha value is -4.28. The third-order valence-electron chi connectivity index (χ3n) is 6.42. The summed E-state index contributed by atoms with van der Waals surface area (Å²) in [7, 11) is 1.68. The molecule has 0 unspecified atom stereocenters. The van der Waals surface area contributed by atoms with Crippen LogP contribution in [-0.2, 0) is 7.05 Å². The molecule has 2 N–H and O–H groups in total. The number of para-hydroxylation sites is 1. The molecule has 0 bridgehead atoms. The number of aromatic nitrogens is 4. The van der Waals surface area contributed by atoms with Crippen LogP contribution in [0.4, 0.5) is 24.7 Å². The van der Waals surface area contributed by atoms with Crippen molar-refractivity contribution in [3.8, 4) is 5.69 Å². The van der Waals surface area contributed by atoms with Gasteiger partial charge >= 0.3 is 6.18 Å². The van der Waals surface area contributed by atoms with Gasteiger partial charge < -0.3 is 10.6 Å². The van der Waals surface area contributed by atoms with Gasteiger partial charge in [-0.3, -0.25) is 14.3 Å². The number of carbonyl (C=O) groups excluding carboxylic acids is 1. The van der Waals surface area contributed by atoms with Gasteiger partial charge in [0.05, 0.1) is 17.4 Å². The maximum Gasteiger partial charge on any atom is 0.410 e. The summed E-state index contributed by atoms with van der Waals surface area (Å²) in [5, 5.41) is 9.59. The molecule has 0 radical (unpaired) electrons. The lowest BCUT2D eigenvalue weighted by Crippen LogP contribution is -2.35. The minimum absolute atomic E-state index is 0.0276. The second kappa shape index (κ2) is 8.74. The Bertz CT molecular complexity index is 1470. The number of nitrogens with one attached hydrogen (secondary N) is 2. The topological polar surface area (TPSA) is 85.9 Å². The number of amides is 1. The van der Waals surface area contributed by atoms with E-state index < -0.39 is 29.7 Å². The van der Waals surface area contributed by atoms with Crippen molar-refractivity contribution in [1.82, 2.24) is 19.1 Å². The Kier molecular flexibility index (Phi) is 5.70. The second-order valence-corrected chi connectivity index (χ2v) is 8.65. The first-order chi connectivity index (χ1) is 17.1. The monoisotopic (exact) mass is 496 g/mol. The predicted molar refractivity (Wildman–Crippen MR) is 128 cm³/mol. The molecule has 0 spiro atoms. The highest BCUT2D eigenvalue weighted by atomic mass is 19.4. The van der Waals surface area contributed by atoms with E-state index in [1.807, 2.05) is 6.07 Å². The van der Waals surface area contributed by atoms with Gasteiger partial charge in [-0.25, -0.2) is 9.36 Å². The number of alkyl halides is 3. The van der Waals surface area contributed by atoms with E-state index >= 15 is 0 Å². The molecule has 8 nitrogen and oxygen atoms in total. The summed E-state index contributed by atoms with van der Waals surface area (Å²) in [6, 6.07) is 16.5. The first-order valence-corrected chi connectivity index (χ1v) is 11.3. The van der Waals surface area contributed by atoms with Crippen molar-refractivity contribution < 1.29 is 18.0 Å². The molecule has 4 aromatic rings. The molecular formula is C25H23F3N6O2. The smallest absolute Gasteiger partial charge is 0.363 e. The average Bonchev–Trinajstić information content (AvgIpc) is 3.39. The van der Waals surface area contributed by atoms with E-state index in [1.165, 1.54) is 10.7 Å². The normalized spacial score (nSPS) is 17.4. The molecule has 11 heteroatoms. The van der Waals surface area contributed by atoms with Crippen LogP contribution in [0.15, 0.2) is 71.5 Å². The summed E-state index contributed by atoms with van der Waals surface area (Å²) < 4.78 is 45.6. The zero-order valence-corrected chi connectivity index (χ0v) is 19.5. The molecular weight excluding hydrogens is 473 g/mol. The largest absolute Gasteiger partial charge is 0.410 e. The molecule has 1 aliphatic heterocycles. The van der Waals surface area contributed by atoms with Crippen molar-refractivity contribution in [2.24, 2.45) is 7.05 Å². The number of benzene rings is 2. The molecule has 2 aromatic heterocycles. The lowest BCUT2D eigenvalue weighted by molar-refractivity contribution is -0.173. The third kappa shape index (κ3) is 4.06. The molecule has 0 saturated carbocycles. The van der Waals surface area contributed by atoms with Crippen molar-refractivity contribution in [2.45, 2.75) is 31.6 Å². The van der Waals surface area contributed by atoms with Crippen LogP contribution in [0.2, 0.25) is 0 Å². The van der Waals surface area contributed by atoms with Crippen LogP contribution in [0.5, 0.6) is 0 Å². The zero-order chi connectivity index (χ0) is 25.6. The summed E-state index contributed by atoms with van der Waals surface area (Å²) in [4.78, 5) is 26.1. The molecule has 2 aromatic carbocycles. The van der Waals surface area contributed by atoms with E-state index in [0.29, 0.717) is 16.9 Å². The van der Waals surface area contributed by atoms with Gasteiger partial charge in [0.1, 0.15) is 11.5 Å². The molecule has 186 valence electrons. The summed E-state index contributed by atoms with van der Waals surface area (Å²) in [6.07, 6.45) is -4.84. The van der Waals surface area contributed by atoms with Crippen LogP contribution < -0.4 is 16.2 Å². The first-order valence-electron chi connectivity index (χ1n) is 11.3. The van der Waals surface area contributed by atoms with Crippen LogP contribution in [0, 0.1) is 6.92 Å². The number of rotatable bonds is 4. The molecule has 0 fully saturated rings. The van der Waals surface area contributed by atoms with Crippen LogP contribution in [0.25, 0.3) is 5.69 Å². The molecule has 1 aliphatic rings. The van der Waals surface area contributed by atoms with E-state index in [1.54, 1.807) is 73.3 Å². The summed E-state index contributed by atoms with van der Waals surface area (Å²) in [6.45, 7) is 1.67. The zero-order valence-electron chi connectivity index (χ0n) is 19.5. The Morgan fingerprint density at radius 3 is 2.36 bits per heavy atom. The Labute approximate surface area is 203 Å². The standard InChI is InChI=1S/C25H23F3N6O2/c1-15-22(24(36)34(32(15)2)17-11-7-4-8-12-17)30-23(35)19-14-21-29-18(16-9-5-3-6-10-16)13-20(25(26,27)28)33(21)31-19/h3-12,14,18,20,29H,13H2,1-2H3,(H,30,35)/t18-,20+/m1/s1. The van der Waals surface area contributed by atoms with E-state index in [2.05, 4.69) is 15.7 Å². The molecule has 1 amide bonds. The number of anilines is 2. The van der Waals surface area contributed by atoms with Gasteiger partial charge in [-0.2, -0.15) is 18.3 Å². The fourth-order valence-corrected chi connectivity index (χ4v) is 4.48. The third-order valence-corrected chi connectivity index (χ3v) is 6.42. The highest BCUT2D eigenvalue weighted by Crippen LogP contribution is 2.43. The van der Waals surface area contributed by atoms with Crippen LogP contribution in [0.3, 0.4) is 0 Å². The number of hydrogen-bond acceptors (Lipinski definition) is 4. The van der Waals surface area contributed by atoms with E-state index in [-0.39, 0.29) is 23.6 Å². The maximum absolute atomic E-state index is 13.9. The second-order valence-electron chi connectivity index (χ2n) is 8.65. The number of fused-ring (bicyclic) bond motifs is 1. The number of nitrogens with zero attached hydrogens (tertiary/aromatic N) is 4. The Morgan fingerprint density at radius 1 is 1.08 bits per heavy atom. The summed E-state index contributed by atoms with van der Waals surface area (Å²) >= 11 is 0. The fraction of sp³-hybridized carbons (Fsp3) is 0.240. The fourth-order valence-electron chi connectivity index (χ4n) is 4.48. The Balaban J connectivity index is 1.47. The number of hydrogen-bond donors (Lipinski definition) is 2. The minimum atomic E-state index is -4.57. The van der Waals surface area contributed by atoms with Crippen LogP contribution >= 0.6 is 0 Å². The lowest BCUT2D eigenvalue weighted by atomic mass is 9.97. The van der Waals surface area contributed by atoms with E-state index in [4.69, 9.17) is 0 Å². The molecule has 5 rings (SSSR count). The van der Waals surface area contributed by atoms with Crippen molar-refractivity contribution >= 4 is 17.4 Å². The van der Waals surface area contributed by atoms with E-state index in [0.717, 1.165) is 4.68 Å². The van der Waals surface area contributed by atoms with Crippen molar-refractivity contribution in [3.63, 3.8) is 0 Å². The lowest BCUT2D eigenvalue weighted by Gasteiger charge is -2.33. The molecule has 0 aliphatic carbocycles. The SMILES string of the molecule is Cc1c(NC(=O)c2cc3n(n2)[C@H](C(F)(F)F)C[C@H](c2ccccc2)N3)c(=O)n(-c2ccccc2)n1C. The predicted octanol–water partition coefficient (Wildman–Crippen LogP) is 4.59. The average molecular weight is 496 g/mol. The van der Waals surface area contributed by atoms with E-state index in [9.17, 15) is 22.8 Å². The molecule has 3 heterocycles. The highest BCUT2D eigenvalue weighted by Gasteiger charge is 2.46. The van der Waals surface area contributed by atoms with Gasteiger partial charge in [0.25, 0.3) is 11.5 Å². The first kappa shape index (κ1) is 23.5. The van der Waals surface area contributed by atoms with Gasteiger partial charge in [0.15, 0.2) is 11.7 Å². The maximum atomic E-state index is 13.9. The molecule has 0 saturated heterocycles. The van der Waals surface area contributed by atoms with Gasteiger partial charge in [0, 0.05) is 19.5 Å². The summed E-state index contributed by atoms with van der Waals surface area (Å²) in [5.41, 5.74) is 1.13. The number of halogens is 3.